The first-order chi connectivity index (χ1) is 16.0. The van der Waals surface area contributed by atoms with E-state index in [1.807, 2.05) is 6.07 Å². The summed E-state index contributed by atoms with van der Waals surface area (Å²) in [5.74, 6) is 0.228. The van der Waals surface area contributed by atoms with Crippen LogP contribution in [0.1, 0.15) is 5.56 Å². The van der Waals surface area contributed by atoms with Gasteiger partial charge in [-0.15, -0.1) is 0 Å². The summed E-state index contributed by atoms with van der Waals surface area (Å²) in [5, 5.41) is 24.0. The van der Waals surface area contributed by atoms with Crippen LogP contribution in [0.15, 0.2) is 78.4 Å². The molecule has 0 bridgehead atoms. The molecule has 3 N–H and O–H groups in total. The lowest BCUT2D eigenvalue weighted by molar-refractivity contribution is -0.118. The average Bonchev–Trinajstić information content (AvgIpc) is 2.83. The number of amides is 2. The number of nitrogens with zero attached hydrogens (tertiary/aromatic N) is 1. The summed E-state index contributed by atoms with van der Waals surface area (Å²) in [7, 11) is 1.56. The van der Waals surface area contributed by atoms with Gasteiger partial charge in [0.1, 0.15) is 28.9 Å². The third-order valence-electron chi connectivity index (χ3n) is 4.40. The van der Waals surface area contributed by atoms with Crippen LogP contribution in [0.25, 0.3) is 6.08 Å². The number of ether oxygens (including phenoxy) is 2. The minimum atomic E-state index is -0.589. The van der Waals surface area contributed by atoms with Crippen molar-refractivity contribution in [3.63, 3.8) is 0 Å². The largest absolute Gasteiger partial charge is 0.508 e. The van der Waals surface area contributed by atoms with Crippen LogP contribution < -0.4 is 20.1 Å². The number of methoxy groups -OCH3 is 1. The first-order valence-electron chi connectivity index (χ1n) is 9.86. The molecule has 2 amide bonds. The summed E-state index contributed by atoms with van der Waals surface area (Å²) in [4.78, 5) is 24.5. The Labute approximate surface area is 190 Å². The molecule has 8 heteroatoms. The predicted molar refractivity (Wildman–Crippen MR) is 124 cm³/mol. The molecule has 0 fully saturated rings. The zero-order valence-electron chi connectivity index (χ0n) is 17.7. The Bertz CT molecular complexity index is 1200. The van der Waals surface area contributed by atoms with Crippen molar-refractivity contribution in [3.05, 3.63) is 83.9 Å². The van der Waals surface area contributed by atoms with E-state index in [2.05, 4.69) is 10.6 Å². The Hall–Kier alpha value is -4.77. The second-order valence-corrected chi connectivity index (χ2v) is 6.81. The van der Waals surface area contributed by atoms with Crippen molar-refractivity contribution in [1.82, 2.24) is 0 Å². The van der Waals surface area contributed by atoms with Gasteiger partial charge in [-0.05, 0) is 72.3 Å². The van der Waals surface area contributed by atoms with Gasteiger partial charge in [0.05, 0.1) is 7.11 Å². The topological polar surface area (TPSA) is 121 Å². The van der Waals surface area contributed by atoms with Crippen molar-refractivity contribution in [2.75, 3.05) is 24.4 Å². The molecule has 0 atom stereocenters. The highest BCUT2D eigenvalue weighted by molar-refractivity contribution is 6.09. The van der Waals surface area contributed by atoms with Gasteiger partial charge in [0.2, 0.25) is 0 Å². The maximum Gasteiger partial charge on any atom is 0.266 e. The lowest BCUT2D eigenvalue weighted by atomic mass is 10.1. The molecule has 0 unspecified atom stereocenters. The maximum absolute atomic E-state index is 12.4. The van der Waals surface area contributed by atoms with Gasteiger partial charge in [0.25, 0.3) is 11.8 Å². The van der Waals surface area contributed by atoms with E-state index in [9.17, 15) is 20.0 Å². The van der Waals surface area contributed by atoms with E-state index >= 15 is 0 Å². The van der Waals surface area contributed by atoms with Gasteiger partial charge in [0, 0.05) is 11.4 Å². The van der Waals surface area contributed by atoms with E-state index in [0.717, 1.165) is 0 Å². The molecule has 0 heterocycles. The van der Waals surface area contributed by atoms with Crippen molar-refractivity contribution in [3.8, 4) is 23.3 Å². The summed E-state index contributed by atoms with van der Waals surface area (Å²) in [6, 6.07) is 21.3. The number of aromatic hydroxyl groups is 1. The lowest BCUT2D eigenvalue weighted by Gasteiger charge is -2.09. The van der Waals surface area contributed by atoms with Gasteiger partial charge < -0.3 is 25.2 Å². The molecule has 8 nitrogen and oxygen atoms in total. The molecule has 166 valence electrons. The molecule has 0 aromatic heterocycles. The first kappa shape index (κ1) is 22.9. The third-order valence-corrected chi connectivity index (χ3v) is 4.40. The van der Waals surface area contributed by atoms with Gasteiger partial charge in [0.15, 0.2) is 6.61 Å². The second-order valence-electron chi connectivity index (χ2n) is 6.81. The summed E-state index contributed by atoms with van der Waals surface area (Å²) in [6.45, 7) is -0.217. The Morgan fingerprint density at radius 3 is 2.30 bits per heavy atom. The number of hydrogen-bond donors (Lipinski definition) is 3. The summed E-state index contributed by atoms with van der Waals surface area (Å²) in [6.07, 6.45) is 1.42. The SMILES string of the molecule is COc1ccc(NC(=O)COc2cccc(C=C(C#N)C(=O)Nc3ccc(O)cc3)c2)cc1. The fourth-order valence-electron chi connectivity index (χ4n) is 2.77. The summed E-state index contributed by atoms with van der Waals surface area (Å²) in [5.41, 5.74) is 1.50. The van der Waals surface area contributed by atoms with Crippen molar-refractivity contribution in [2.45, 2.75) is 0 Å². The van der Waals surface area contributed by atoms with Crippen molar-refractivity contribution in [1.29, 1.82) is 5.26 Å². The molecule has 33 heavy (non-hydrogen) atoms. The fraction of sp³-hybridized carbons (Fsp3) is 0.0800. The number of carbonyl (C=O) groups is 2. The number of anilines is 2. The molecule has 0 aliphatic heterocycles. The fourth-order valence-corrected chi connectivity index (χ4v) is 2.77. The smallest absolute Gasteiger partial charge is 0.266 e. The monoisotopic (exact) mass is 443 g/mol. The second kappa shape index (κ2) is 11.0. The molecule has 0 radical (unpaired) electrons. The van der Waals surface area contributed by atoms with Crippen LogP contribution >= 0.6 is 0 Å². The number of benzene rings is 3. The number of phenolic OH excluding ortho intramolecular Hbond substituents is 1. The van der Waals surface area contributed by atoms with Crippen LogP contribution in [0.5, 0.6) is 17.2 Å². The number of nitrogens with one attached hydrogen (secondary N) is 2. The number of hydrogen-bond acceptors (Lipinski definition) is 6. The molecule has 0 aliphatic rings. The number of nitriles is 1. The standard InChI is InChI=1S/C25H21N3O5/c1-32-22-11-7-19(8-12-22)27-24(30)16-33-23-4-2-3-17(14-23)13-18(15-26)25(31)28-20-5-9-21(29)10-6-20/h2-14,29H,16H2,1H3,(H,27,30)(H,28,31). The van der Waals surface area contributed by atoms with Crippen LogP contribution in [0.2, 0.25) is 0 Å². The minimum Gasteiger partial charge on any atom is -0.508 e. The summed E-state index contributed by atoms with van der Waals surface area (Å²) < 4.78 is 10.6. The normalized spacial score (nSPS) is 10.6. The zero-order valence-corrected chi connectivity index (χ0v) is 17.7. The van der Waals surface area contributed by atoms with Gasteiger partial charge in [-0.3, -0.25) is 9.59 Å². The molecule has 0 aliphatic carbocycles. The van der Waals surface area contributed by atoms with Gasteiger partial charge in [-0.25, -0.2) is 0 Å². The average molecular weight is 443 g/mol. The molecule has 0 saturated carbocycles. The molecule has 0 saturated heterocycles. The number of phenols is 1. The highest BCUT2D eigenvalue weighted by Gasteiger charge is 2.10. The molecular weight excluding hydrogens is 422 g/mol. The van der Waals surface area contributed by atoms with E-state index in [1.165, 1.54) is 30.3 Å². The first-order valence-corrected chi connectivity index (χ1v) is 9.86. The molecule has 3 aromatic rings. The molecule has 3 rings (SSSR count). The van der Waals surface area contributed by atoms with E-state index in [-0.39, 0.29) is 23.8 Å². The maximum atomic E-state index is 12.4. The highest BCUT2D eigenvalue weighted by Crippen LogP contribution is 2.19. The van der Waals surface area contributed by atoms with Gasteiger partial charge >= 0.3 is 0 Å². The Kier molecular flexibility index (Phi) is 7.65. The Morgan fingerprint density at radius 1 is 0.970 bits per heavy atom. The van der Waals surface area contributed by atoms with Crippen LogP contribution in [0.3, 0.4) is 0 Å². The van der Waals surface area contributed by atoms with Crippen LogP contribution in [-0.2, 0) is 9.59 Å². The van der Waals surface area contributed by atoms with Crippen molar-refractivity contribution >= 4 is 29.3 Å². The van der Waals surface area contributed by atoms with E-state index in [0.29, 0.717) is 28.4 Å². The zero-order chi connectivity index (χ0) is 23.6. The molecule has 3 aromatic carbocycles. The quantitative estimate of drug-likeness (QED) is 0.275. The molecule has 0 spiro atoms. The van der Waals surface area contributed by atoms with Gasteiger partial charge in [-0.2, -0.15) is 5.26 Å². The van der Waals surface area contributed by atoms with Crippen molar-refractivity contribution in [2.24, 2.45) is 0 Å². The number of carbonyl (C=O) groups excluding carboxylic acids is 2. The van der Waals surface area contributed by atoms with Crippen molar-refractivity contribution < 1.29 is 24.2 Å². The Balaban J connectivity index is 1.60. The molecular formula is C25H21N3O5. The van der Waals surface area contributed by atoms with E-state index < -0.39 is 5.91 Å². The van der Waals surface area contributed by atoms with Crippen LogP contribution in [0, 0.1) is 11.3 Å². The van der Waals surface area contributed by atoms with E-state index in [4.69, 9.17) is 9.47 Å². The Morgan fingerprint density at radius 2 is 1.64 bits per heavy atom. The van der Waals surface area contributed by atoms with Crippen LogP contribution in [0.4, 0.5) is 11.4 Å². The number of rotatable bonds is 8. The minimum absolute atomic E-state index is 0.0681. The van der Waals surface area contributed by atoms with E-state index in [1.54, 1.807) is 55.6 Å². The predicted octanol–water partition coefficient (Wildman–Crippen LogP) is 3.96. The lowest BCUT2D eigenvalue weighted by Crippen LogP contribution is -2.20. The van der Waals surface area contributed by atoms with Crippen LogP contribution in [-0.4, -0.2) is 30.6 Å². The third kappa shape index (κ3) is 6.87. The highest BCUT2D eigenvalue weighted by atomic mass is 16.5. The summed E-state index contributed by atoms with van der Waals surface area (Å²) >= 11 is 0. The van der Waals surface area contributed by atoms with Gasteiger partial charge in [-0.1, -0.05) is 12.1 Å².